The van der Waals surface area contributed by atoms with Gasteiger partial charge in [0, 0.05) is 7.05 Å². The Kier molecular flexibility index (Phi) is 3.79. The van der Waals surface area contributed by atoms with Gasteiger partial charge in [0.1, 0.15) is 0 Å². The molecular formula is C5H11NO3. The van der Waals surface area contributed by atoms with E-state index in [-0.39, 0.29) is 0 Å². The van der Waals surface area contributed by atoms with Crippen molar-refractivity contribution in [2.75, 3.05) is 13.7 Å². The van der Waals surface area contributed by atoms with Crippen LogP contribution in [0.5, 0.6) is 0 Å². The van der Waals surface area contributed by atoms with E-state index in [4.69, 9.17) is 5.21 Å². The second-order valence-electron chi connectivity index (χ2n) is 1.64. The van der Waals surface area contributed by atoms with Gasteiger partial charge in [-0.25, -0.2) is 4.79 Å². The van der Waals surface area contributed by atoms with Crippen molar-refractivity contribution in [3.8, 4) is 0 Å². The second kappa shape index (κ2) is 4.14. The van der Waals surface area contributed by atoms with Gasteiger partial charge in [-0.3, -0.25) is 5.21 Å². The minimum Gasteiger partial charge on any atom is -0.448 e. The van der Waals surface area contributed by atoms with E-state index < -0.39 is 6.09 Å². The van der Waals surface area contributed by atoms with Crippen LogP contribution in [-0.2, 0) is 4.74 Å². The van der Waals surface area contributed by atoms with Crippen molar-refractivity contribution >= 4 is 6.09 Å². The van der Waals surface area contributed by atoms with Crippen molar-refractivity contribution in [3.05, 3.63) is 0 Å². The number of carbonyl (C=O) groups excluding carboxylic acids is 1. The summed E-state index contributed by atoms with van der Waals surface area (Å²) in [6.45, 7) is 2.23. The summed E-state index contributed by atoms with van der Waals surface area (Å²) in [5.41, 5.74) is 0. The molecule has 0 aliphatic heterocycles. The van der Waals surface area contributed by atoms with Gasteiger partial charge in [-0.15, -0.1) is 0 Å². The lowest BCUT2D eigenvalue weighted by atomic mass is 10.5. The van der Waals surface area contributed by atoms with E-state index in [0.29, 0.717) is 11.7 Å². The molecule has 4 heteroatoms. The lowest BCUT2D eigenvalue weighted by Gasteiger charge is -2.07. The van der Waals surface area contributed by atoms with Crippen LogP contribution in [0.3, 0.4) is 0 Å². The predicted molar refractivity (Wildman–Crippen MR) is 31.2 cm³/mol. The largest absolute Gasteiger partial charge is 0.448 e. The molecule has 0 bridgehead atoms. The van der Waals surface area contributed by atoms with E-state index >= 15 is 0 Å². The summed E-state index contributed by atoms with van der Waals surface area (Å²) in [6.07, 6.45) is 0.0522. The first-order chi connectivity index (χ1) is 4.18. The molecule has 1 N–H and O–H groups in total. The molecule has 0 heterocycles. The van der Waals surface area contributed by atoms with Crippen LogP contribution in [0.15, 0.2) is 0 Å². The average molecular weight is 133 g/mol. The van der Waals surface area contributed by atoms with Crippen molar-refractivity contribution in [1.29, 1.82) is 0 Å². The predicted octanol–water partition coefficient (Wildman–Crippen LogP) is 0.854. The summed E-state index contributed by atoms with van der Waals surface area (Å²) >= 11 is 0. The maximum absolute atomic E-state index is 10.4. The molecule has 4 nitrogen and oxygen atoms in total. The van der Waals surface area contributed by atoms with Gasteiger partial charge in [-0.05, 0) is 6.42 Å². The molecule has 0 aromatic rings. The average Bonchev–Trinajstić information content (AvgIpc) is 1.82. The minimum absolute atomic E-state index is 0.351. The van der Waals surface area contributed by atoms with Gasteiger partial charge >= 0.3 is 6.09 Å². The molecule has 1 amide bonds. The third kappa shape index (κ3) is 3.78. The zero-order valence-electron chi connectivity index (χ0n) is 5.63. The van der Waals surface area contributed by atoms with Crippen LogP contribution in [0.4, 0.5) is 4.79 Å². The standard InChI is InChI=1S/C5H11NO3/c1-3-4-9-5(7)6(2)8/h8H,3-4H2,1-2H3. The van der Waals surface area contributed by atoms with Crippen LogP contribution in [0.25, 0.3) is 0 Å². The third-order valence-corrected chi connectivity index (χ3v) is 0.694. The maximum atomic E-state index is 10.4. The van der Waals surface area contributed by atoms with E-state index in [2.05, 4.69) is 4.74 Å². The Balaban J connectivity index is 3.28. The molecule has 0 spiro atoms. The fourth-order valence-electron chi connectivity index (χ4n) is 0.283. The summed E-state index contributed by atoms with van der Waals surface area (Å²) in [7, 11) is 1.22. The molecule has 0 unspecified atom stereocenters. The Morgan fingerprint density at radius 2 is 2.33 bits per heavy atom. The summed E-state index contributed by atoms with van der Waals surface area (Å²) < 4.78 is 4.49. The highest BCUT2D eigenvalue weighted by molar-refractivity contribution is 5.65. The van der Waals surface area contributed by atoms with Crippen LogP contribution >= 0.6 is 0 Å². The van der Waals surface area contributed by atoms with Crippen LogP contribution in [0.2, 0.25) is 0 Å². The van der Waals surface area contributed by atoms with Gasteiger partial charge in [0.25, 0.3) is 0 Å². The highest BCUT2D eigenvalue weighted by atomic mass is 16.6. The van der Waals surface area contributed by atoms with E-state index in [1.54, 1.807) is 0 Å². The molecule has 0 aromatic carbocycles. The van der Waals surface area contributed by atoms with E-state index in [0.717, 1.165) is 6.42 Å². The molecule has 0 fully saturated rings. The maximum Gasteiger partial charge on any atom is 0.433 e. The summed E-state index contributed by atoms with van der Waals surface area (Å²) in [6, 6.07) is 0. The Morgan fingerprint density at radius 3 is 2.67 bits per heavy atom. The molecule has 9 heavy (non-hydrogen) atoms. The number of nitrogens with zero attached hydrogens (tertiary/aromatic N) is 1. The molecule has 0 saturated carbocycles. The van der Waals surface area contributed by atoms with Crippen LogP contribution in [0.1, 0.15) is 13.3 Å². The summed E-state index contributed by atoms with van der Waals surface area (Å²) in [5.74, 6) is 0. The monoisotopic (exact) mass is 133 g/mol. The first kappa shape index (κ1) is 8.23. The smallest absolute Gasteiger partial charge is 0.433 e. The fourth-order valence-corrected chi connectivity index (χ4v) is 0.283. The number of hydroxylamine groups is 2. The zero-order chi connectivity index (χ0) is 7.28. The quantitative estimate of drug-likeness (QED) is 0.449. The van der Waals surface area contributed by atoms with Gasteiger partial charge in [0.15, 0.2) is 0 Å². The van der Waals surface area contributed by atoms with E-state index in [9.17, 15) is 4.79 Å². The number of hydrogen-bond acceptors (Lipinski definition) is 3. The molecule has 0 aromatic heterocycles. The first-order valence-electron chi connectivity index (χ1n) is 2.77. The molecule has 0 radical (unpaired) electrons. The van der Waals surface area contributed by atoms with Crippen LogP contribution < -0.4 is 0 Å². The number of carbonyl (C=O) groups is 1. The van der Waals surface area contributed by atoms with Gasteiger partial charge < -0.3 is 4.74 Å². The second-order valence-corrected chi connectivity index (χ2v) is 1.64. The number of amides is 1. The Hall–Kier alpha value is -0.770. The summed E-state index contributed by atoms with van der Waals surface area (Å²) in [5, 5.41) is 8.82. The lowest BCUT2D eigenvalue weighted by molar-refractivity contribution is -0.0529. The van der Waals surface area contributed by atoms with Crippen molar-refractivity contribution in [1.82, 2.24) is 5.06 Å². The highest BCUT2D eigenvalue weighted by Gasteiger charge is 2.03. The first-order valence-corrected chi connectivity index (χ1v) is 2.77. The minimum atomic E-state index is -0.711. The third-order valence-electron chi connectivity index (χ3n) is 0.694. The van der Waals surface area contributed by atoms with Crippen molar-refractivity contribution in [2.45, 2.75) is 13.3 Å². The van der Waals surface area contributed by atoms with Gasteiger partial charge in [-0.2, -0.15) is 5.06 Å². The molecule has 0 saturated heterocycles. The Bertz CT molecular complexity index is 92.2. The normalized spacial score (nSPS) is 8.78. The zero-order valence-corrected chi connectivity index (χ0v) is 5.63. The van der Waals surface area contributed by atoms with Crippen molar-refractivity contribution in [2.24, 2.45) is 0 Å². The van der Waals surface area contributed by atoms with E-state index in [1.165, 1.54) is 7.05 Å². The van der Waals surface area contributed by atoms with Crippen LogP contribution in [-0.4, -0.2) is 30.0 Å². The number of hydrogen-bond donors (Lipinski definition) is 1. The molecule has 0 atom stereocenters. The Morgan fingerprint density at radius 1 is 1.78 bits per heavy atom. The molecule has 0 rings (SSSR count). The van der Waals surface area contributed by atoms with E-state index in [1.807, 2.05) is 6.92 Å². The fraction of sp³-hybridized carbons (Fsp3) is 0.800. The topological polar surface area (TPSA) is 49.8 Å². The molecular weight excluding hydrogens is 122 g/mol. The SMILES string of the molecule is CCCOC(=O)N(C)O. The number of ether oxygens (including phenoxy) is 1. The Labute approximate surface area is 54.0 Å². The molecule has 0 aliphatic carbocycles. The number of rotatable bonds is 2. The van der Waals surface area contributed by atoms with Crippen molar-refractivity contribution in [3.63, 3.8) is 0 Å². The highest BCUT2D eigenvalue weighted by Crippen LogP contribution is 1.86. The summed E-state index contributed by atoms with van der Waals surface area (Å²) in [4.78, 5) is 10.4. The van der Waals surface area contributed by atoms with Gasteiger partial charge in [-0.1, -0.05) is 6.92 Å². The van der Waals surface area contributed by atoms with Gasteiger partial charge in [0.05, 0.1) is 6.61 Å². The molecule has 54 valence electrons. The lowest BCUT2D eigenvalue weighted by Crippen LogP contribution is -2.23. The molecule has 0 aliphatic rings. The van der Waals surface area contributed by atoms with Crippen LogP contribution in [0, 0.1) is 0 Å². The van der Waals surface area contributed by atoms with Gasteiger partial charge in [0.2, 0.25) is 0 Å². The van der Waals surface area contributed by atoms with Crippen molar-refractivity contribution < 1.29 is 14.7 Å².